The maximum absolute atomic E-state index is 12.4. The number of amides is 2. The van der Waals surface area contributed by atoms with E-state index in [4.69, 9.17) is 0 Å². The van der Waals surface area contributed by atoms with E-state index >= 15 is 0 Å². The van der Waals surface area contributed by atoms with Gasteiger partial charge in [-0.25, -0.2) is 4.79 Å². The van der Waals surface area contributed by atoms with Crippen molar-refractivity contribution >= 4 is 6.03 Å². The molecule has 1 N–H and O–H groups in total. The Bertz CT molecular complexity index is 515. The molecule has 3 rings (SSSR count). The first-order valence-electron chi connectivity index (χ1n) is 9.57. The number of carbonyl (C=O) groups is 1. The Morgan fingerprint density at radius 2 is 2.00 bits per heavy atom. The molecule has 24 heavy (non-hydrogen) atoms. The second-order valence-corrected chi connectivity index (χ2v) is 7.27. The standard InChI is InChI=1S/C20H31N3O/c1-2-22(15-18-11-12-18)20(24)21-14-19-10-6-7-13-23(19)16-17-8-4-3-5-9-17/h3-5,8-9,18-19H,2,6-7,10-16H2,1H3,(H,21,24). The van der Waals surface area contributed by atoms with Gasteiger partial charge in [0.15, 0.2) is 0 Å². The molecule has 1 unspecified atom stereocenters. The van der Waals surface area contributed by atoms with Crippen molar-refractivity contribution < 1.29 is 4.79 Å². The van der Waals surface area contributed by atoms with Crippen LogP contribution in [0.2, 0.25) is 0 Å². The molecule has 4 nitrogen and oxygen atoms in total. The van der Waals surface area contributed by atoms with Crippen LogP contribution in [0.4, 0.5) is 4.79 Å². The van der Waals surface area contributed by atoms with E-state index in [1.807, 2.05) is 4.90 Å². The highest BCUT2D eigenvalue weighted by molar-refractivity contribution is 5.74. The number of nitrogens with one attached hydrogen (secondary N) is 1. The van der Waals surface area contributed by atoms with E-state index in [0.29, 0.717) is 6.04 Å². The zero-order valence-electron chi connectivity index (χ0n) is 14.9. The van der Waals surface area contributed by atoms with E-state index in [1.54, 1.807) is 0 Å². The first-order valence-corrected chi connectivity index (χ1v) is 9.57. The van der Waals surface area contributed by atoms with Crippen LogP contribution in [0.25, 0.3) is 0 Å². The summed E-state index contributed by atoms with van der Waals surface area (Å²) in [5, 5.41) is 3.20. The van der Waals surface area contributed by atoms with Gasteiger partial charge >= 0.3 is 6.03 Å². The number of piperidine rings is 1. The van der Waals surface area contributed by atoms with Crippen molar-refractivity contribution in [3.8, 4) is 0 Å². The van der Waals surface area contributed by atoms with Crippen LogP contribution in [0.3, 0.4) is 0 Å². The van der Waals surface area contributed by atoms with Crippen LogP contribution < -0.4 is 5.32 Å². The highest BCUT2D eigenvalue weighted by Gasteiger charge is 2.27. The van der Waals surface area contributed by atoms with E-state index in [1.165, 1.54) is 37.7 Å². The highest BCUT2D eigenvalue weighted by atomic mass is 16.2. The third kappa shape index (κ3) is 4.97. The Balaban J connectivity index is 1.50. The summed E-state index contributed by atoms with van der Waals surface area (Å²) in [5.41, 5.74) is 1.36. The predicted molar refractivity (Wildman–Crippen MR) is 97.9 cm³/mol. The lowest BCUT2D eigenvalue weighted by atomic mass is 10.0. The molecule has 1 aromatic carbocycles. The van der Waals surface area contributed by atoms with Gasteiger partial charge in [-0.05, 0) is 50.6 Å². The molecule has 1 aliphatic heterocycles. The zero-order valence-corrected chi connectivity index (χ0v) is 14.9. The van der Waals surface area contributed by atoms with Gasteiger partial charge in [0.25, 0.3) is 0 Å². The number of likely N-dealkylation sites (tertiary alicyclic amines) is 1. The fourth-order valence-electron chi connectivity index (χ4n) is 3.60. The maximum Gasteiger partial charge on any atom is 0.317 e. The van der Waals surface area contributed by atoms with Gasteiger partial charge < -0.3 is 10.2 Å². The molecular formula is C20H31N3O. The fraction of sp³-hybridized carbons (Fsp3) is 0.650. The van der Waals surface area contributed by atoms with Gasteiger partial charge in [-0.15, -0.1) is 0 Å². The molecule has 0 bridgehead atoms. The molecule has 1 aliphatic carbocycles. The van der Waals surface area contributed by atoms with Crippen molar-refractivity contribution in [3.05, 3.63) is 35.9 Å². The molecule has 0 spiro atoms. The summed E-state index contributed by atoms with van der Waals surface area (Å²) in [7, 11) is 0. The third-order valence-corrected chi connectivity index (χ3v) is 5.31. The smallest absolute Gasteiger partial charge is 0.317 e. The van der Waals surface area contributed by atoms with Crippen LogP contribution in [-0.2, 0) is 6.54 Å². The van der Waals surface area contributed by atoms with Crippen LogP contribution in [0.1, 0.15) is 44.6 Å². The van der Waals surface area contributed by atoms with E-state index in [2.05, 4.69) is 47.5 Å². The SMILES string of the molecule is CCN(CC1CC1)C(=O)NCC1CCCCN1Cc1ccccc1. The van der Waals surface area contributed by atoms with Gasteiger partial charge in [-0.3, -0.25) is 4.90 Å². The van der Waals surface area contributed by atoms with Crippen molar-refractivity contribution in [2.24, 2.45) is 5.92 Å². The molecule has 1 atom stereocenters. The van der Waals surface area contributed by atoms with E-state index < -0.39 is 0 Å². The summed E-state index contributed by atoms with van der Waals surface area (Å²) in [4.78, 5) is 17.0. The van der Waals surface area contributed by atoms with Crippen LogP contribution in [-0.4, -0.2) is 48.1 Å². The molecule has 1 aromatic rings. The van der Waals surface area contributed by atoms with E-state index in [0.717, 1.165) is 38.6 Å². The number of rotatable bonds is 7. The lowest BCUT2D eigenvalue weighted by molar-refractivity contribution is 0.134. The lowest BCUT2D eigenvalue weighted by Crippen LogP contribution is -2.49. The van der Waals surface area contributed by atoms with Crippen molar-refractivity contribution in [1.29, 1.82) is 0 Å². The van der Waals surface area contributed by atoms with Crippen molar-refractivity contribution in [2.75, 3.05) is 26.2 Å². The second-order valence-electron chi connectivity index (χ2n) is 7.27. The number of nitrogens with zero attached hydrogens (tertiary/aromatic N) is 2. The minimum absolute atomic E-state index is 0.120. The number of hydrogen-bond donors (Lipinski definition) is 1. The molecule has 1 heterocycles. The van der Waals surface area contributed by atoms with Crippen LogP contribution in [0.15, 0.2) is 30.3 Å². The van der Waals surface area contributed by atoms with Crippen molar-refractivity contribution in [3.63, 3.8) is 0 Å². The number of hydrogen-bond acceptors (Lipinski definition) is 2. The van der Waals surface area contributed by atoms with Gasteiger partial charge in [-0.2, -0.15) is 0 Å². The third-order valence-electron chi connectivity index (χ3n) is 5.31. The summed E-state index contributed by atoms with van der Waals surface area (Å²) in [5.74, 6) is 0.750. The maximum atomic E-state index is 12.4. The average molecular weight is 329 g/mol. The number of urea groups is 1. The molecular weight excluding hydrogens is 298 g/mol. The lowest BCUT2D eigenvalue weighted by Gasteiger charge is -2.36. The molecule has 132 valence electrons. The highest BCUT2D eigenvalue weighted by Crippen LogP contribution is 2.29. The molecule has 1 saturated carbocycles. The first kappa shape index (κ1) is 17.3. The van der Waals surface area contributed by atoms with Gasteiger partial charge in [0.05, 0.1) is 0 Å². The number of carbonyl (C=O) groups excluding carboxylic acids is 1. The molecule has 4 heteroatoms. The van der Waals surface area contributed by atoms with E-state index in [-0.39, 0.29) is 6.03 Å². The van der Waals surface area contributed by atoms with Gasteiger partial charge in [-0.1, -0.05) is 36.8 Å². The topological polar surface area (TPSA) is 35.6 Å². The summed E-state index contributed by atoms with van der Waals surface area (Å²) < 4.78 is 0. The second kappa shape index (κ2) is 8.52. The summed E-state index contributed by atoms with van der Waals surface area (Å²) in [6.07, 6.45) is 6.29. The van der Waals surface area contributed by atoms with E-state index in [9.17, 15) is 4.79 Å². The first-order chi connectivity index (χ1) is 11.8. The van der Waals surface area contributed by atoms with Crippen LogP contribution in [0.5, 0.6) is 0 Å². The normalized spacial score (nSPS) is 21.5. The predicted octanol–water partition coefficient (Wildman–Crippen LogP) is 3.48. The number of benzene rings is 1. The monoisotopic (exact) mass is 329 g/mol. The molecule has 2 fully saturated rings. The minimum Gasteiger partial charge on any atom is -0.336 e. The molecule has 2 amide bonds. The Kier molecular flexibility index (Phi) is 6.13. The summed E-state index contributed by atoms with van der Waals surface area (Å²) >= 11 is 0. The summed E-state index contributed by atoms with van der Waals surface area (Å²) in [6.45, 7) is 6.70. The minimum atomic E-state index is 0.120. The van der Waals surface area contributed by atoms with Gasteiger partial charge in [0.2, 0.25) is 0 Å². The Morgan fingerprint density at radius 3 is 2.71 bits per heavy atom. The Morgan fingerprint density at radius 1 is 1.21 bits per heavy atom. The van der Waals surface area contributed by atoms with Gasteiger partial charge in [0, 0.05) is 32.2 Å². The Hall–Kier alpha value is -1.55. The zero-order chi connectivity index (χ0) is 16.8. The van der Waals surface area contributed by atoms with Crippen LogP contribution >= 0.6 is 0 Å². The van der Waals surface area contributed by atoms with Gasteiger partial charge in [0.1, 0.15) is 0 Å². The van der Waals surface area contributed by atoms with Crippen molar-refractivity contribution in [2.45, 2.75) is 51.6 Å². The molecule has 0 aromatic heterocycles. The van der Waals surface area contributed by atoms with Crippen molar-refractivity contribution in [1.82, 2.24) is 15.1 Å². The molecule has 0 radical (unpaired) electrons. The molecule has 1 saturated heterocycles. The summed E-state index contributed by atoms with van der Waals surface area (Å²) in [6, 6.07) is 11.2. The quantitative estimate of drug-likeness (QED) is 0.831. The average Bonchev–Trinajstić information content (AvgIpc) is 3.44. The van der Waals surface area contributed by atoms with Crippen LogP contribution in [0, 0.1) is 5.92 Å². The largest absolute Gasteiger partial charge is 0.336 e. The molecule has 2 aliphatic rings. The fourth-order valence-corrected chi connectivity index (χ4v) is 3.60. The Labute approximate surface area is 146 Å².